The maximum atomic E-state index is 12.0. The number of nitrogen functional groups attached to an aromatic ring is 1. The fraction of sp³-hybridized carbons (Fsp3) is 0.667. The molecule has 0 radical (unpaired) electrons. The summed E-state index contributed by atoms with van der Waals surface area (Å²) in [6, 6.07) is 0.418. The summed E-state index contributed by atoms with van der Waals surface area (Å²) in [7, 11) is -3.08. The minimum Gasteiger partial charge on any atom is -0.382 e. The zero-order valence-corrected chi connectivity index (χ0v) is 13.5. The van der Waals surface area contributed by atoms with Crippen LogP contribution in [0.15, 0.2) is 0 Å². The van der Waals surface area contributed by atoms with E-state index in [0.717, 1.165) is 12.8 Å². The van der Waals surface area contributed by atoms with Crippen molar-refractivity contribution in [3.8, 4) is 0 Å². The topological polar surface area (TPSA) is 114 Å². The van der Waals surface area contributed by atoms with Crippen molar-refractivity contribution < 1.29 is 13.2 Å². The van der Waals surface area contributed by atoms with Crippen LogP contribution in [-0.4, -0.2) is 43.4 Å². The maximum Gasteiger partial charge on any atom is 0.265 e. The van der Waals surface area contributed by atoms with E-state index in [2.05, 4.69) is 15.6 Å². The van der Waals surface area contributed by atoms with Gasteiger partial charge in [0.25, 0.3) is 5.91 Å². The van der Waals surface area contributed by atoms with E-state index in [4.69, 9.17) is 5.73 Å². The summed E-state index contributed by atoms with van der Waals surface area (Å²) >= 11 is 1.20. The van der Waals surface area contributed by atoms with Gasteiger partial charge < -0.3 is 16.4 Å². The number of nitrogens with zero attached hydrogens (tertiary/aromatic N) is 1. The summed E-state index contributed by atoms with van der Waals surface area (Å²) in [4.78, 5) is 16.4. The molecular formula is C12H20N4O3S2. The lowest BCUT2D eigenvalue weighted by molar-refractivity contribution is 0.0961. The molecule has 21 heavy (non-hydrogen) atoms. The van der Waals surface area contributed by atoms with Gasteiger partial charge in [0.2, 0.25) is 0 Å². The van der Waals surface area contributed by atoms with Crippen molar-refractivity contribution in [2.75, 3.05) is 29.1 Å². The zero-order chi connectivity index (χ0) is 15.5. The summed E-state index contributed by atoms with van der Waals surface area (Å²) in [5.41, 5.74) is 5.74. The van der Waals surface area contributed by atoms with Crippen LogP contribution >= 0.6 is 11.3 Å². The standard InChI is InChI=1S/C12H20N4O3S2/c1-2-21(18,19)7-6-14-11(17)9-10(13)16-12(20-9)15-8-4-3-5-8/h8H,2-7,13H2,1H3,(H,14,17)(H,15,16). The summed E-state index contributed by atoms with van der Waals surface area (Å²) < 4.78 is 22.7. The number of carbonyl (C=O) groups excluding carboxylic acids is 1. The molecule has 0 atom stereocenters. The number of aromatic nitrogens is 1. The number of anilines is 2. The Hall–Kier alpha value is -1.35. The highest BCUT2D eigenvalue weighted by Gasteiger charge is 2.21. The van der Waals surface area contributed by atoms with Crippen LogP contribution in [0.4, 0.5) is 10.9 Å². The van der Waals surface area contributed by atoms with Gasteiger partial charge in [0.15, 0.2) is 15.0 Å². The Kier molecular flexibility index (Phi) is 5.04. The highest BCUT2D eigenvalue weighted by molar-refractivity contribution is 7.91. The number of carbonyl (C=O) groups is 1. The van der Waals surface area contributed by atoms with Gasteiger partial charge in [0, 0.05) is 18.3 Å². The third-order valence-corrected chi connectivity index (χ3v) is 6.14. The Morgan fingerprint density at radius 2 is 2.19 bits per heavy atom. The number of sulfone groups is 1. The minimum atomic E-state index is -3.08. The van der Waals surface area contributed by atoms with E-state index in [-0.39, 0.29) is 29.8 Å². The summed E-state index contributed by atoms with van der Waals surface area (Å²) in [5.74, 6) is -0.196. The third-order valence-electron chi connectivity index (χ3n) is 3.43. The lowest BCUT2D eigenvalue weighted by Gasteiger charge is -2.25. The SMILES string of the molecule is CCS(=O)(=O)CCNC(=O)c1sc(NC2CCC2)nc1N. The van der Waals surface area contributed by atoms with Gasteiger partial charge >= 0.3 is 0 Å². The molecule has 0 unspecified atom stereocenters. The second kappa shape index (κ2) is 6.61. The number of thiazole rings is 1. The van der Waals surface area contributed by atoms with Crippen LogP contribution < -0.4 is 16.4 Å². The Morgan fingerprint density at radius 1 is 1.48 bits per heavy atom. The van der Waals surface area contributed by atoms with Gasteiger partial charge in [-0.3, -0.25) is 4.79 Å². The third kappa shape index (κ3) is 4.31. The van der Waals surface area contributed by atoms with Crippen molar-refractivity contribution in [3.05, 3.63) is 4.88 Å². The molecule has 0 spiro atoms. The van der Waals surface area contributed by atoms with Gasteiger partial charge in [-0.1, -0.05) is 18.3 Å². The zero-order valence-electron chi connectivity index (χ0n) is 11.9. The van der Waals surface area contributed by atoms with Crippen molar-refractivity contribution in [3.63, 3.8) is 0 Å². The van der Waals surface area contributed by atoms with Crippen LogP contribution in [-0.2, 0) is 9.84 Å². The number of nitrogens with two attached hydrogens (primary N) is 1. The molecule has 9 heteroatoms. The van der Waals surface area contributed by atoms with Crippen LogP contribution in [0.3, 0.4) is 0 Å². The minimum absolute atomic E-state index is 0.0683. The van der Waals surface area contributed by atoms with E-state index in [1.54, 1.807) is 6.92 Å². The first-order chi connectivity index (χ1) is 9.91. The van der Waals surface area contributed by atoms with Gasteiger partial charge in [-0.05, 0) is 19.3 Å². The Morgan fingerprint density at radius 3 is 2.76 bits per heavy atom. The van der Waals surface area contributed by atoms with E-state index in [9.17, 15) is 13.2 Å². The fourth-order valence-electron chi connectivity index (χ4n) is 1.83. The van der Waals surface area contributed by atoms with Crippen LogP contribution in [0.25, 0.3) is 0 Å². The number of hydrogen-bond donors (Lipinski definition) is 3. The van der Waals surface area contributed by atoms with Crippen molar-refractivity contribution in [2.24, 2.45) is 0 Å². The molecule has 1 aromatic rings. The monoisotopic (exact) mass is 332 g/mol. The van der Waals surface area contributed by atoms with Crippen LogP contribution in [0.5, 0.6) is 0 Å². The number of rotatable bonds is 7. The molecule has 0 aliphatic heterocycles. The second-order valence-electron chi connectivity index (χ2n) is 5.00. The van der Waals surface area contributed by atoms with E-state index in [1.165, 1.54) is 17.8 Å². The molecule has 0 bridgehead atoms. The van der Waals surface area contributed by atoms with Crippen LogP contribution in [0.2, 0.25) is 0 Å². The van der Waals surface area contributed by atoms with Gasteiger partial charge in [0.1, 0.15) is 10.7 Å². The van der Waals surface area contributed by atoms with Crippen molar-refractivity contribution in [1.29, 1.82) is 0 Å². The number of nitrogens with one attached hydrogen (secondary N) is 2. The first-order valence-corrected chi connectivity index (χ1v) is 9.56. The molecule has 4 N–H and O–H groups in total. The quantitative estimate of drug-likeness (QED) is 0.682. The lowest BCUT2D eigenvalue weighted by atomic mass is 9.93. The highest BCUT2D eigenvalue weighted by atomic mass is 32.2. The Bertz CT molecular complexity index is 608. The molecule has 1 saturated carbocycles. The average molecular weight is 332 g/mol. The Labute approximate surface area is 128 Å². The molecule has 0 aromatic carbocycles. The molecular weight excluding hydrogens is 312 g/mol. The number of amides is 1. The summed E-state index contributed by atoms with van der Waals surface area (Å²) in [6.45, 7) is 1.66. The van der Waals surface area contributed by atoms with E-state index >= 15 is 0 Å². The lowest BCUT2D eigenvalue weighted by Crippen LogP contribution is -2.29. The molecule has 1 aromatic heterocycles. The first kappa shape index (κ1) is 16.0. The van der Waals surface area contributed by atoms with E-state index < -0.39 is 9.84 Å². The summed E-state index contributed by atoms with van der Waals surface area (Å²) in [6.07, 6.45) is 3.42. The number of hydrogen-bond acceptors (Lipinski definition) is 7. The second-order valence-corrected chi connectivity index (χ2v) is 8.47. The van der Waals surface area contributed by atoms with Crippen LogP contribution in [0, 0.1) is 0 Å². The predicted molar refractivity (Wildman–Crippen MR) is 84.4 cm³/mol. The normalized spacial score (nSPS) is 15.5. The molecule has 2 rings (SSSR count). The van der Waals surface area contributed by atoms with Gasteiger partial charge in [-0.2, -0.15) is 0 Å². The molecule has 1 aliphatic rings. The maximum absolute atomic E-state index is 12.0. The molecule has 0 saturated heterocycles. The van der Waals surface area contributed by atoms with E-state index in [1.807, 2.05) is 0 Å². The van der Waals surface area contributed by atoms with Crippen molar-refractivity contribution in [2.45, 2.75) is 32.2 Å². The molecule has 1 fully saturated rings. The molecule has 1 aliphatic carbocycles. The molecule has 7 nitrogen and oxygen atoms in total. The first-order valence-electron chi connectivity index (χ1n) is 6.92. The smallest absolute Gasteiger partial charge is 0.265 e. The average Bonchev–Trinajstić information content (AvgIpc) is 2.75. The van der Waals surface area contributed by atoms with Gasteiger partial charge in [-0.15, -0.1) is 0 Å². The van der Waals surface area contributed by atoms with Gasteiger partial charge in [0.05, 0.1) is 5.75 Å². The van der Waals surface area contributed by atoms with Crippen molar-refractivity contribution in [1.82, 2.24) is 10.3 Å². The highest BCUT2D eigenvalue weighted by Crippen LogP contribution is 2.29. The molecule has 1 heterocycles. The van der Waals surface area contributed by atoms with E-state index in [0.29, 0.717) is 16.1 Å². The molecule has 1 amide bonds. The molecule has 118 valence electrons. The van der Waals surface area contributed by atoms with Crippen molar-refractivity contribution >= 4 is 38.0 Å². The predicted octanol–water partition coefficient (Wildman–Crippen LogP) is 0.854. The Balaban J connectivity index is 1.89. The van der Waals surface area contributed by atoms with Crippen LogP contribution in [0.1, 0.15) is 35.9 Å². The largest absolute Gasteiger partial charge is 0.382 e. The summed E-state index contributed by atoms with van der Waals surface area (Å²) in [5, 5.41) is 6.45. The van der Waals surface area contributed by atoms with Gasteiger partial charge in [-0.25, -0.2) is 13.4 Å². The fourth-order valence-corrected chi connectivity index (χ4v) is 3.41.